The van der Waals surface area contributed by atoms with Gasteiger partial charge in [-0.05, 0) is 13.0 Å². The Balaban J connectivity index is 2.51. The van der Waals surface area contributed by atoms with E-state index in [1.54, 1.807) is 7.11 Å². The zero-order valence-corrected chi connectivity index (χ0v) is 11.9. The van der Waals surface area contributed by atoms with Gasteiger partial charge in [0.25, 0.3) is 0 Å². The van der Waals surface area contributed by atoms with E-state index in [9.17, 15) is 0 Å². The Morgan fingerprint density at radius 3 is 2.33 bits per heavy atom. The van der Waals surface area contributed by atoms with Gasteiger partial charge in [-0.25, -0.2) is 0 Å². The number of oxime groups is 1. The van der Waals surface area contributed by atoms with Gasteiger partial charge in [0, 0.05) is 15.6 Å². The van der Waals surface area contributed by atoms with Crippen molar-refractivity contribution in [3.05, 3.63) is 69.7 Å². The van der Waals surface area contributed by atoms with Crippen molar-refractivity contribution in [3.8, 4) is 0 Å². The number of halogens is 1. The molecule has 3 heteroatoms. The lowest BCUT2D eigenvalue weighted by Gasteiger charge is -2.08. The van der Waals surface area contributed by atoms with Gasteiger partial charge in [0.15, 0.2) is 0 Å². The number of hydrogen-bond donors (Lipinski definition) is 0. The fourth-order valence-electron chi connectivity index (χ4n) is 1.71. The predicted molar refractivity (Wildman–Crippen MR) is 78.0 cm³/mol. The molecule has 0 aliphatic rings. The highest BCUT2D eigenvalue weighted by Gasteiger charge is 2.10. The number of rotatable bonds is 3. The Labute approximate surface area is 115 Å². The third-order valence-electron chi connectivity index (χ3n) is 2.64. The van der Waals surface area contributed by atoms with Crippen molar-refractivity contribution in [2.45, 2.75) is 6.92 Å². The lowest BCUT2D eigenvalue weighted by atomic mass is 10.0. The summed E-state index contributed by atoms with van der Waals surface area (Å²) in [6.45, 7) is 2.06. The number of benzene rings is 2. The van der Waals surface area contributed by atoms with Crippen LogP contribution < -0.4 is 0 Å². The molecule has 0 heterocycles. The maximum atomic E-state index is 4.97. The van der Waals surface area contributed by atoms with Crippen LogP contribution in [0, 0.1) is 6.92 Å². The van der Waals surface area contributed by atoms with Crippen LogP contribution in [0.5, 0.6) is 0 Å². The van der Waals surface area contributed by atoms with E-state index in [1.165, 1.54) is 5.56 Å². The lowest BCUT2D eigenvalue weighted by molar-refractivity contribution is 0.214. The van der Waals surface area contributed by atoms with E-state index in [0.717, 1.165) is 21.3 Å². The molecular formula is C15H14BrNO. The highest BCUT2D eigenvalue weighted by Crippen LogP contribution is 2.21. The van der Waals surface area contributed by atoms with E-state index in [4.69, 9.17) is 4.84 Å². The average Bonchev–Trinajstić information content (AvgIpc) is 2.38. The summed E-state index contributed by atoms with van der Waals surface area (Å²) in [5.74, 6) is 0. The predicted octanol–water partition coefficient (Wildman–Crippen LogP) is 4.16. The molecule has 0 radical (unpaired) electrons. The molecule has 2 nitrogen and oxygen atoms in total. The van der Waals surface area contributed by atoms with Gasteiger partial charge in [0.2, 0.25) is 0 Å². The second-order valence-electron chi connectivity index (χ2n) is 3.97. The summed E-state index contributed by atoms with van der Waals surface area (Å²) in [7, 11) is 1.56. The van der Waals surface area contributed by atoms with Crippen LogP contribution in [0.25, 0.3) is 0 Å². The lowest BCUT2D eigenvalue weighted by Crippen LogP contribution is -2.05. The molecule has 0 spiro atoms. The van der Waals surface area contributed by atoms with Crippen molar-refractivity contribution in [2.75, 3.05) is 7.11 Å². The minimum Gasteiger partial charge on any atom is -0.399 e. The standard InChI is InChI=1S/C15H14BrNO/c1-11-7-9-12(10-8-11)15(17-18-2)13-5-3-4-6-14(13)16/h3-10H,1-2H3/b17-15-. The molecule has 0 N–H and O–H groups in total. The first-order valence-corrected chi connectivity index (χ1v) is 6.45. The first kappa shape index (κ1) is 12.8. The third kappa shape index (κ3) is 2.79. The van der Waals surface area contributed by atoms with Gasteiger partial charge in [-0.1, -0.05) is 69.1 Å². The molecule has 0 aliphatic carbocycles. The summed E-state index contributed by atoms with van der Waals surface area (Å²) < 4.78 is 1.00. The van der Waals surface area contributed by atoms with E-state index in [-0.39, 0.29) is 0 Å². The van der Waals surface area contributed by atoms with Crippen LogP contribution in [0.15, 0.2) is 58.2 Å². The van der Waals surface area contributed by atoms with Crippen LogP contribution in [0.1, 0.15) is 16.7 Å². The van der Waals surface area contributed by atoms with Gasteiger partial charge in [0.1, 0.15) is 12.8 Å². The van der Waals surface area contributed by atoms with Crippen LogP contribution in [-0.2, 0) is 4.84 Å². The summed E-state index contributed by atoms with van der Waals surface area (Å²) in [5, 5.41) is 4.14. The number of hydrogen-bond acceptors (Lipinski definition) is 2. The molecule has 0 saturated carbocycles. The quantitative estimate of drug-likeness (QED) is 0.616. The molecule has 2 aromatic carbocycles. The summed E-state index contributed by atoms with van der Waals surface area (Å²) in [4.78, 5) is 4.97. The van der Waals surface area contributed by atoms with Crippen LogP contribution in [0.4, 0.5) is 0 Å². The van der Waals surface area contributed by atoms with Gasteiger partial charge in [-0.2, -0.15) is 0 Å². The van der Waals surface area contributed by atoms with Crippen molar-refractivity contribution in [2.24, 2.45) is 5.16 Å². The summed E-state index contributed by atoms with van der Waals surface area (Å²) in [6.07, 6.45) is 0. The SMILES string of the molecule is CO/N=C(/c1ccc(C)cc1)c1ccccc1Br. The second kappa shape index (κ2) is 5.83. The highest BCUT2D eigenvalue weighted by atomic mass is 79.9. The number of nitrogens with zero attached hydrogens (tertiary/aromatic N) is 1. The number of aryl methyl sites for hydroxylation is 1. The fourth-order valence-corrected chi connectivity index (χ4v) is 2.19. The Bertz CT molecular complexity index is 561. The largest absolute Gasteiger partial charge is 0.399 e. The van der Waals surface area contributed by atoms with E-state index < -0.39 is 0 Å². The molecule has 0 atom stereocenters. The average molecular weight is 304 g/mol. The maximum absolute atomic E-state index is 4.97. The van der Waals surface area contributed by atoms with E-state index in [0.29, 0.717) is 0 Å². The highest BCUT2D eigenvalue weighted by molar-refractivity contribution is 9.10. The molecule has 2 rings (SSSR count). The first-order valence-electron chi connectivity index (χ1n) is 5.65. The Hall–Kier alpha value is -1.61. The monoisotopic (exact) mass is 303 g/mol. The second-order valence-corrected chi connectivity index (χ2v) is 4.82. The van der Waals surface area contributed by atoms with E-state index in [1.807, 2.05) is 36.4 Å². The minimum atomic E-state index is 0.824. The molecule has 18 heavy (non-hydrogen) atoms. The minimum absolute atomic E-state index is 0.824. The third-order valence-corrected chi connectivity index (χ3v) is 3.33. The van der Waals surface area contributed by atoms with Gasteiger partial charge in [-0.15, -0.1) is 0 Å². The van der Waals surface area contributed by atoms with Gasteiger partial charge >= 0.3 is 0 Å². The molecule has 0 aliphatic heterocycles. The zero-order valence-electron chi connectivity index (χ0n) is 10.4. The van der Waals surface area contributed by atoms with Crippen molar-refractivity contribution in [1.82, 2.24) is 0 Å². The molecule has 0 aromatic heterocycles. The summed E-state index contributed by atoms with van der Waals surface area (Å²) >= 11 is 3.54. The van der Waals surface area contributed by atoms with Gasteiger partial charge < -0.3 is 4.84 Å². The zero-order chi connectivity index (χ0) is 13.0. The molecule has 0 fully saturated rings. The van der Waals surface area contributed by atoms with Crippen LogP contribution >= 0.6 is 15.9 Å². The van der Waals surface area contributed by atoms with Crippen molar-refractivity contribution >= 4 is 21.6 Å². The van der Waals surface area contributed by atoms with Crippen molar-refractivity contribution in [1.29, 1.82) is 0 Å². The van der Waals surface area contributed by atoms with Gasteiger partial charge in [0.05, 0.1) is 0 Å². The van der Waals surface area contributed by atoms with E-state index >= 15 is 0 Å². The molecule has 0 unspecified atom stereocenters. The first-order chi connectivity index (χ1) is 8.72. The fraction of sp³-hybridized carbons (Fsp3) is 0.133. The Morgan fingerprint density at radius 2 is 1.72 bits per heavy atom. The normalized spacial score (nSPS) is 11.4. The van der Waals surface area contributed by atoms with Crippen LogP contribution in [0.3, 0.4) is 0 Å². The topological polar surface area (TPSA) is 21.6 Å². The maximum Gasteiger partial charge on any atom is 0.118 e. The van der Waals surface area contributed by atoms with E-state index in [2.05, 4.69) is 40.1 Å². The summed E-state index contributed by atoms with van der Waals surface area (Å²) in [6, 6.07) is 16.2. The van der Waals surface area contributed by atoms with Gasteiger partial charge in [-0.3, -0.25) is 0 Å². The molecular weight excluding hydrogens is 290 g/mol. The van der Waals surface area contributed by atoms with Crippen molar-refractivity contribution < 1.29 is 4.84 Å². The molecule has 2 aromatic rings. The molecule has 0 saturated heterocycles. The smallest absolute Gasteiger partial charge is 0.118 e. The molecule has 92 valence electrons. The Morgan fingerprint density at radius 1 is 1.06 bits per heavy atom. The van der Waals surface area contributed by atoms with Crippen LogP contribution in [0.2, 0.25) is 0 Å². The molecule has 0 amide bonds. The van der Waals surface area contributed by atoms with Crippen LogP contribution in [-0.4, -0.2) is 12.8 Å². The summed E-state index contributed by atoms with van der Waals surface area (Å²) in [5.41, 5.74) is 4.10. The Kier molecular flexibility index (Phi) is 4.15. The van der Waals surface area contributed by atoms with Crippen molar-refractivity contribution in [3.63, 3.8) is 0 Å². The molecule has 0 bridgehead atoms.